The lowest BCUT2D eigenvalue weighted by molar-refractivity contribution is -0.116. The minimum absolute atomic E-state index is 0.0261. The average Bonchev–Trinajstić information content (AvgIpc) is 2.93. The molecule has 120 valence electrons. The van der Waals surface area contributed by atoms with E-state index in [1.807, 2.05) is 18.2 Å². The van der Waals surface area contributed by atoms with E-state index >= 15 is 0 Å². The predicted octanol–water partition coefficient (Wildman–Crippen LogP) is 3.00. The summed E-state index contributed by atoms with van der Waals surface area (Å²) >= 11 is 1.53. The Labute approximate surface area is 135 Å². The quantitative estimate of drug-likeness (QED) is 0.786. The summed E-state index contributed by atoms with van der Waals surface area (Å²) in [7, 11) is 1.65. The van der Waals surface area contributed by atoms with Gasteiger partial charge in [-0.25, -0.2) is 4.98 Å². The number of fused-ring (bicyclic) bond motifs is 1. The fraction of sp³-hybridized carbons (Fsp3) is 0.500. The van der Waals surface area contributed by atoms with Crippen molar-refractivity contribution in [3.8, 4) is 5.75 Å². The summed E-state index contributed by atoms with van der Waals surface area (Å²) < 4.78 is 6.27. The summed E-state index contributed by atoms with van der Waals surface area (Å²) in [5.74, 6) is 0.832. The zero-order valence-electron chi connectivity index (χ0n) is 13.6. The molecule has 0 unspecified atom stereocenters. The van der Waals surface area contributed by atoms with E-state index in [-0.39, 0.29) is 5.91 Å². The van der Waals surface area contributed by atoms with E-state index in [0.29, 0.717) is 6.54 Å². The van der Waals surface area contributed by atoms with Gasteiger partial charge < -0.3 is 9.64 Å². The Morgan fingerprint density at radius 2 is 2.00 bits per heavy atom. The number of aromatic nitrogens is 1. The highest BCUT2D eigenvalue weighted by atomic mass is 32.1. The molecule has 1 aromatic carbocycles. The minimum atomic E-state index is 0.0261. The van der Waals surface area contributed by atoms with E-state index in [1.165, 1.54) is 11.3 Å². The molecule has 1 heterocycles. The molecule has 0 bridgehead atoms. The summed E-state index contributed by atoms with van der Waals surface area (Å²) in [6, 6.07) is 5.77. The molecule has 0 aliphatic heterocycles. The number of amides is 1. The van der Waals surface area contributed by atoms with Crippen LogP contribution in [0.25, 0.3) is 10.2 Å². The van der Waals surface area contributed by atoms with E-state index in [1.54, 1.807) is 18.9 Å². The molecule has 0 aliphatic carbocycles. The third-order valence-corrected chi connectivity index (χ3v) is 4.77. The number of methoxy groups -OCH3 is 1. The molecule has 6 heteroatoms. The zero-order valence-corrected chi connectivity index (χ0v) is 14.4. The molecule has 0 N–H and O–H groups in total. The molecule has 0 atom stereocenters. The van der Waals surface area contributed by atoms with Gasteiger partial charge in [0.25, 0.3) is 0 Å². The first-order chi connectivity index (χ1) is 10.6. The molecule has 1 amide bonds. The number of hydrogen-bond donors (Lipinski definition) is 0. The molecule has 0 fully saturated rings. The van der Waals surface area contributed by atoms with Crippen molar-refractivity contribution in [3.05, 3.63) is 18.2 Å². The van der Waals surface area contributed by atoms with Gasteiger partial charge in [0.05, 0.1) is 17.3 Å². The van der Waals surface area contributed by atoms with Crippen LogP contribution in [-0.2, 0) is 4.79 Å². The smallest absolute Gasteiger partial charge is 0.225 e. The fourth-order valence-corrected chi connectivity index (χ4v) is 3.37. The average molecular weight is 321 g/mol. The van der Waals surface area contributed by atoms with Gasteiger partial charge in [-0.1, -0.05) is 25.2 Å². The van der Waals surface area contributed by atoms with Gasteiger partial charge in [-0.3, -0.25) is 9.69 Å². The number of anilines is 1. The van der Waals surface area contributed by atoms with Gasteiger partial charge in [-0.05, 0) is 31.3 Å². The third-order valence-electron chi connectivity index (χ3n) is 3.73. The van der Waals surface area contributed by atoms with Gasteiger partial charge in [0.15, 0.2) is 5.13 Å². The number of thiazole rings is 1. The maximum absolute atomic E-state index is 12.0. The number of likely N-dealkylation sites (N-methyl/N-ethyl adjacent to an activating group) is 1. The first-order valence-electron chi connectivity index (χ1n) is 7.54. The fourth-order valence-electron chi connectivity index (χ4n) is 2.30. The van der Waals surface area contributed by atoms with Crippen molar-refractivity contribution in [3.63, 3.8) is 0 Å². The molecule has 0 saturated carbocycles. The van der Waals surface area contributed by atoms with Crippen LogP contribution < -0.4 is 9.64 Å². The molecule has 5 nitrogen and oxygen atoms in total. The predicted molar refractivity (Wildman–Crippen MR) is 92.0 cm³/mol. The van der Waals surface area contributed by atoms with E-state index < -0.39 is 0 Å². The zero-order chi connectivity index (χ0) is 16.1. The van der Waals surface area contributed by atoms with Crippen molar-refractivity contribution in [2.45, 2.75) is 20.8 Å². The van der Waals surface area contributed by atoms with Crippen molar-refractivity contribution in [2.75, 3.05) is 38.2 Å². The molecule has 1 aromatic heterocycles. The highest BCUT2D eigenvalue weighted by Gasteiger charge is 2.17. The highest BCUT2D eigenvalue weighted by Crippen LogP contribution is 2.31. The Hall–Kier alpha value is -1.66. The van der Waals surface area contributed by atoms with E-state index in [9.17, 15) is 4.79 Å². The van der Waals surface area contributed by atoms with E-state index in [4.69, 9.17) is 4.74 Å². The summed E-state index contributed by atoms with van der Waals surface area (Å²) in [5, 5.41) is 0.753. The van der Waals surface area contributed by atoms with Crippen molar-refractivity contribution in [1.29, 1.82) is 0 Å². The normalized spacial score (nSPS) is 11.1. The SMILES string of the molecule is CCN(CC)CCN(C(C)=O)c1nc2ccc(OC)cc2s1. The van der Waals surface area contributed by atoms with Gasteiger partial charge in [0.2, 0.25) is 5.91 Å². The van der Waals surface area contributed by atoms with Crippen LogP contribution in [0.4, 0.5) is 5.13 Å². The van der Waals surface area contributed by atoms with Crippen LogP contribution in [0.5, 0.6) is 5.75 Å². The van der Waals surface area contributed by atoms with Crippen molar-refractivity contribution >= 4 is 32.6 Å². The third kappa shape index (κ3) is 3.75. The lowest BCUT2D eigenvalue weighted by Gasteiger charge is -2.23. The molecule has 2 rings (SSSR count). The monoisotopic (exact) mass is 321 g/mol. The topological polar surface area (TPSA) is 45.7 Å². The molecular weight excluding hydrogens is 298 g/mol. The number of rotatable bonds is 7. The van der Waals surface area contributed by atoms with Crippen molar-refractivity contribution < 1.29 is 9.53 Å². The van der Waals surface area contributed by atoms with Crippen molar-refractivity contribution in [2.24, 2.45) is 0 Å². The summed E-state index contributed by atoms with van der Waals surface area (Å²) in [6.07, 6.45) is 0. The molecule has 22 heavy (non-hydrogen) atoms. The Morgan fingerprint density at radius 3 is 2.59 bits per heavy atom. The second-order valence-corrected chi connectivity index (χ2v) is 6.04. The van der Waals surface area contributed by atoms with Crippen LogP contribution in [0.1, 0.15) is 20.8 Å². The minimum Gasteiger partial charge on any atom is -0.497 e. The lowest BCUT2D eigenvalue weighted by Crippen LogP contribution is -2.37. The Balaban J connectivity index is 2.22. The Bertz CT molecular complexity index is 637. The maximum Gasteiger partial charge on any atom is 0.225 e. The standard InChI is InChI=1S/C16H23N3O2S/c1-5-18(6-2)9-10-19(12(3)20)16-17-14-8-7-13(21-4)11-15(14)22-16/h7-8,11H,5-6,9-10H2,1-4H3. The van der Waals surface area contributed by atoms with Crippen LogP contribution in [0.3, 0.4) is 0 Å². The number of benzene rings is 1. The highest BCUT2D eigenvalue weighted by molar-refractivity contribution is 7.22. The Morgan fingerprint density at radius 1 is 1.27 bits per heavy atom. The maximum atomic E-state index is 12.0. The van der Waals surface area contributed by atoms with Crippen LogP contribution in [0, 0.1) is 0 Å². The van der Waals surface area contributed by atoms with Gasteiger partial charge >= 0.3 is 0 Å². The molecule has 0 aliphatic rings. The number of carbonyl (C=O) groups is 1. The molecular formula is C16H23N3O2S. The van der Waals surface area contributed by atoms with Crippen LogP contribution in [-0.4, -0.2) is 49.1 Å². The number of hydrogen-bond acceptors (Lipinski definition) is 5. The van der Waals surface area contributed by atoms with E-state index in [0.717, 1.165) is 40.7 Å². The molecule has 0 spiro atoms. The molecule has 0 saturated heterocycles. The van der Waals surface area contributed by atoms with Gasteiger partial charge in [-0.2, -0.15) is 0 Å². The number of carbonyl (C=O) groups excluding carboxylic acids is 1. The van der Waals surface area contributed by atoms with Gasteiger partial charge in [0.1, 0.15) is 5.75 Å². The van der Waals surface area contributed by atoms with Gasteiger partial charge in [-0.15, -0.1) is 0 Å². The lowest BCUT2D eigenvalue weighted by atomic mass is 10.3. The van der Waals surface area contributed by atoms with Crippen LogP contribution in [0.15, 0.2) is 18.2 Å². The van der Waals surface area contributed by atoms with Crippen LogP contribution in [0.2, 0.25) is 0 Å². The largest absolute Gasteiger partial charge is 0.497 e. The van der Waals surface area contributed by atoms with E-state index in [2.05, 4.69) is 23.7 Å². The van der Waals surface area contributed by atoms with Gasteiger partial charge in [0, 0.05) is 20.0 Å². The molecule has 2 aromatic rings. The Kier molecular flexibility index (Phi) is 5.74. The summed E-state index contributed by atoms with van der Waals surface area (Å²) in [5.41, 5.74) is 0.898. The summed E-state index contributed by atoms with van der Waals surface area (Å²) in [4.78, 5) is 20.6. The first kappa shape index (κ1) is 16.7. The first-order valence-corrected chi connectivity index (χ1v) is 8.35. The second-order valence-electron chi connectivity index (χ2n) is 5.03. The summed E-state index contributed by atoms with van der Waals surface area (Å²) in [6.45, 7) is 9.34. The van der Waals surface area contributed by atoms with Crippen LogP contribution >= 0.6 is 11.3 Å². The second kappa shape index (κ2) is 7.56. The van der Waals surface area contributed by atoms with Crippen molar-refractivity contribution in [1.82, 2.24) is 9.88 Å². The number of nitrogens with zero attached hydrogens (tertiary/aromatic N) is 3. The number of ether oxygens (including phenoxy) is 1. The molecule has 0 radical (unpaired) electrons.